The van der Waals surface area contributed by atoms with Gasteiger partial charge >= 0.3 is 0 Å². The van der Waals surface area contributed by atoms with Crippen molar-refractivity contribution in [3.05, 3.63) is 24.0 Å². The van der Waals surface area contributed by atoms with Crippen LogP contribution in [0.3, 0.4) is 0 Å². The number of allylic oxidation sites excluding steroid dienone is 3. The highest BCUT2D eigenvalue weighted by Gasteiger charge is 2.14. The third kappa shape index (κ3) is 2.11. The van der Waals surface area contributed by atoms with Crippen molar-refractivity contribution in [2.45, 2.75) is 26.2 Å². The molecule has 1 aliphatic carbocycles. The average molecular weight is 152 g/mol. The van der Waals surface area contributed by atoms with Crippen LogP contribution in [0.4, 0.5) is 0 Å². The molecule has 0 bridgehead atoms. The first-order valence-corrected chi connectivity index (χ1v) is 4.12. The zero-order chi connectivity index (χ0) is 8.27. The molecule has 0 aliphatic heterocycles. The van der Waals surface area contributed by atoms with E-state index in [2.05, 4.69) is 19.6 Å². The zero-order valence-corrected chi connectivity index (χ0v) is 7.39. The molecule has 0 N–H and O–H groups in total. The summed E-state index contributed by atoms with van der Waals surface area (Å²) >= 11 is 0. The minimum Gasteiger partial charge on any atom is -0.501 e. The topological polar surface area (TPSA) is 9.23 Å². The van der Waals surface area contributed by atoms with Gasteiger partial charge < -0.3 is 4.74 Å². The van der Waals surface area contributed by atoms with E-state index in [9.17, 15) is 0 Å². The van der Waals surface area contributed by atoms with Gasteiger partial charge in [-0.05, 0) is 31.8 Å². The summed E-state index contributed by atoms with van der Waals surface area (Å²) in [6, 6.07) is 0. The van der Waals surface area contributed by atoms with Gasteiger partial charge in [-0.1, -0.05) is 12.2 Å². The minimum absolute atomic E-state index is 0.689. The van der Waals surface area contributed by atoms with E-state index in [-0.39, 0.29) is 0 Å². The molecule has 1 rings (SSSR count). The SMILES string of the molecule is C=C(C)[C@@H]1CC=C(OC)CC1. The van der Waals surface area contributed by atoms with E-state index in [4.69, 9.17) is 4.74 Å². The fraction of sp³-hybridized carbons (Fsp3) is 0.600. The molecule has 0 fully saturated rings. The molecule has 1 aliphatic rings. The third-order valence-corrected chi connectivity index (χ3v) is 2.33. The van der Waals surface area contributed by atoms with Crippen molar-refractivity contribution in [2.24, 2.45) is 5.92 Å². The summed E-state index contributed by atoms with van der Waals surface area (Å²) in [6.45, 7) is 6.07. The summed E-state index contributed by atoms with van der Waals surface area (Å²) < 4.78 is 5.15. The summed E-state index contributed by atoms with van der Waals surface area (Å²) in [5.74, 6) is 1.83. The quantitative estimate of drug-likeness (QED) is 0.553. The van der Waals surface area contributed by atoms with Gasteiger partial charge in [0.2, 0.25) is 0 Å². The second-order valence-corrected chi connectivity index (χ2v) is 3.19. The summed E-state index contributed by atoms with van der Waals surface area (Å²) in [5.41, 5.74) is 1.30. The van der Waals surface area contributed by atoms with Gasteiger partial charge in [0, 0.05) is 6.42 Å². The van der Waals surface area contributed by atoms with Crippen molar-refractivity contribution in [3.63, 3.8) is 0 Å². The molecule has 1 heteroatoms. The number of hydrogen-bond donors (Lipinski definition) is 0. The summed E-state index contributed by atoms with van der Waals surface area (Å²) in [5, 5.41) is 0. The molecule has 0 aromatic heterocycles. The molecule has 11 heavy (non-hydrogen) atoms. The van der Waals surface area contributed by atoms with Crippen LogP contribution in [0.1, 0.15) is 26.2 Å². The van der Waals surface area contributed by atoms with Crippen molar-refractivity contribution in [1.82, 2.24) is 0 Å². The normalized spacial score (nSPS) is 24.2. The fourth-order valence-corrected chi connectivity index (χ4v) is 1.44. The van der Waals surface area contributed by atoms with Crippen molar-refractivity contribution in [2.75, 3.05) is 7.11 Å². The van der Waals surface area contributed by atoms with Gasteiger partial charge in [0.1, 0.15) is 0 Å². The van der Waals surface area contributed by atoms with Crippen LogP contribution < -0.4 is 0 Å². The van der Waals surface area contributed by atoms with Crippen LogP contribution in [0.2, 0.25) is 0 Å². The number of rotatable bonds is 2. The molecular weight excluding hydrogens is 136 g/mol. The van der Waals surface area contributed by atoms with E-state index in [0.29, 0.717) is 5.92 Å². The Morgan fingerprint density at radius 1 is 1.73 bits per heavy atom. The first-order chi connectivity index (χ1) is 5.24. The molecule has 0 aromatic carbocycles. The molecule has 0 aromatic rings. The van der Waals surface area contributed by atoms with Crippen LogP contribution in [0.15, 0.2) is 24.0 Å². The van der Waals surface area contributed by atoms with Gasteiger partial charge in [-0.25, -0.2) is 0 Å². The summed E-state index contributed by atoms with van der Waals surface area (Å²) in [7, 11) is 1.74. The zero-order valence-electron chi connectivity index (χ0n) is 7.39. The largest absolute Gasteiger partial charge is 0.501 e. The van der Waals surface area contributed by atoms with Gasteiger partial charge in [-0.3, -0.25) is 0 Å². The van der Waals surface area contributed by atoms with Crippen LogP contribution in [0, 0.1) is 5.92 Å². The Balaban J connectivity index is 2.47. The first kappa shape index (κ1) is 8.38. The van der Waals surface area contributed by atoms with Gasteiger partial charge in [0.05, 0.1) is 12.9 Å². The van der Waals surface area contributed by atoms with Crippen molar-refractivity contribution >= 4 is 0 Å². The molecule has 0 spiro atoms. The van der Waals surface area contributed by atoms with Gasteiger partial charge in [0.15, 0.2) is 0 Å². The molecule has 0 heterocycles. The molecule has 0 amide bonds. The van der Waals surface area contributed by atoms with E-state index in [1.807, 2.05) is 0 Å². The predicted octanol–water partition coefficient (Wildman–Crippen LogP) is 2.89. The second-order valence-electron chi connectivity index (χ2n) is 3.19. The lowest BCUT2D eigenvalue weighted by Crippen LogP contribution is -2.06. The summed E-state index contributed by atoms with van der Waals surface area (Å²) in [6.07, 6.45) is 5.57. The molecule has 0 saturated carbocycles. The van der Waals surface area contributed by atoms with Crippen LogP contribution in [-0.2, 0) is 4.74 Å². The Hall–Kier alpha value is -0.720. The number of hydrogen-bond acceptors (Lipinski definition) is 1. The second kappa shape index (κ2) is 3.61. The third-order valence-electron chi connectivity index (χ3n) is 2.33. The Kier molecular flexibility index (Phi) is 2.75. The Morgan fingerprint density at radius 3 is 2.82 bits per heavy atom. The van der Waals surface area contributed by atoms with E-state index in [1.165, 1.54) is 12.0 Å². The molecule has 0 radical (unpaired) electrons. The van der Waals surface area contributed by atoms with E-state index in [0.717, 1.165) is 18.6 Å². The maximum absolute atomic E-state index is 5.15. The van der Waals surface area contributed by atoms with Crippen LogP contribution in [-0.4, -0.2) is 7.11 Å². The van der Waals surface area contributed by atoms with E-state index in [1.54, 1.807) is 7.11 Å². The van der Waals surface area contributed by atoms with Crippen LogP contribution in [0.25, 0.3) is 0 Å². The van der Waals surface area contributed by atoms with Crippen molar-refractivity contribution in [3.8, 4) is 0 Å². The highest BCUT2D eigenvalue weighted by Crippen LogP contribution is 2.27. The smallest absolute Gasteiger partial charge is 0.0916 e. The maximum atomic E-state index is 5.15. The predicted molar refractivity (Wildman–Crippen MR) is 47.2 cm³/mol. The lowest BCUT2D eigenvalue weighted by Gasteiger charge is -2.20. The fourth-order valence-electron chi connectivity index (χ4n) is 1.44. The average Bonchev–Trinajstić information content (AvgIpc) is 2.05. The molecule has 0 unspecified atom stereocenters. The Labute approximate surface area is 68.8 Å². The van der Waals surface area contributed by atoms with E-state index >= 15 is 0 Å². The monoisotopic (exact) mass is 152 g/mol. The standard InChI is InChI=1S/C10H16O/c1-8(2)9-4-6-10(11-3)7-5-9/h6,9H,1,4-5,7H2,2-3H3/t9-/m1/s1. The van der Waals surface area contributed by atoms with Gasteiger partial charge in [-0.2, -0.15) is 0 Å². The van der Waals surface area contributed by atoms with Crippen molar-refractivity contribution < 1.29 is 4.74 Å². The highest BCUT2D eigenvalue weighted by molar-refractivity contribution is 5.07. The van der Waals surface area contributed by atoms with Gasteiger partial charge in [0.25, 0.3) is 0 Å². The first-order valence-electron chi connectivity index (χ1n) is 4.12. The van der Waals surface area contributed by atoms with Crippen LogP contribution in [0.5, 0.6) is 0 Å². The van der Waals surface area contributed by atoms with Gasteiger partial charge in [-0.15, -0.1) is 0 Å². The molecule has 1 atom stereocenters. The lowest BCUT2D eigenvalue weighted by atomic mass is 9.88. The number of methoxy groups -OCH3 is 1. The molecular formula is C10H16O. The number of ether oxygens (including phenoxy) is 1. The van der Waals surface area contributed by atoms with E-state index < -0.39 is 0 Å². The lowest BCUT2D eigenvalue weighted by molar-refractivity contribution is 0.258. The highest BCUT2D eigenvalue weighted by atomic mass is 16.5. The molecule has 1 nitrogen and oxygen atoms in total. The van der Waals surface area contributed by atoms with Crippen LogP contribution >= 0.6 is 0 Å². The maximum Gasteiger partial charge on any atom is 0.0916 e. The molecule has 0 saturated heterocycles. The summed E-state index contributed by atoms with van der Waals surface area (Å²) in [4.78, 5) is 0. The molecule has 62 valence electrons. The Morgan fingerprint density at radius 2 is 2.45 bits per heavy atom. The van der Waals surface area contributed by atoms with Crippen molar-refractivity contribution in [1.29, 1.82) is 0 Å². The Bertz CT molecular complexity index is 179. The minimum atomic E-state index is 0.689.